The van der Waals surface area contributed by atoms with Gasteiger partial charge in [0.2, 0.25) is 0 Å². The molecule has 0 aliphatic carbocycles. The molecule has 0 amide bonds. The Balaban J connectivity index is 0.000000967. The number of nitrogens with zero attached hydrogens (tertiary/aromatic N) is 1. The number of rotatable bonds is 7. The molecule has 2 heterocycles. The van der Waals surface area contributed by atoms with E-state index in [9.17, 15) is 0 Å². The Morgan fingerprint density at radius 3 is 2.58 bits per heavy atom. The summed E-state index contributed by atoms with van der Waals surface area (Å²) in [5.74, 6) is 10.3. The second kappa shape index (κ2) is 12.0. The predicted molar refractivity (Wildman–Crippen MR) is 148 cm³/mol. The normalized spacial score (nSPS) is 12.4. The van der Waals surface area contributed by atoms with Gasteiger partial charge in [-0.2, -0.15) is 5.10 Å². The molecule has 1 aliphatic rings. The first-order valence-electron chi connectivity index (χ1n) is 11.6. The van der Waals surface area contributed by atoms with Crippen molar-refractivity contribution in [3.8, 4) is 40.7 Å². The second-order valence-corrected chi connectivity index (χ2v) is 9.06. The van der Waals surface area contributed by atoms with Crippen molar-refractivity contribution in [2.24, 2.45) is 16.7 Å². The van der Waals surface area contributed by atoms with E-state index in [1.165, 1.54) is 10.1 Å². The molecule has 4 aromatic rings. The lowest BCUT2D eigenvalue weighted by Gasteiger charge is -2.20. The van der Waals surface area contributed by atoms with Crippen LogP contribution in [0.3, 0.4) is 0 Å². The number of hydrogen-bond acceptors (Lipinski definition) is 6. The van der Waals surface area contributed by atoms with E-state index < -0.39 is 0 Å². The van der Waals surface area contributed by atoms with Crippen molar-refractivity contribution >= 4 is 27.3 Å². The van der Waals surface area contributed by atoms with Crippen molar-refractivity contribution in [3.63, 3.8) is 0 Å². The lowest BCUT2D eigenvalue weighted by molar-refractivity contribution is 0.172. The molecule has 0 saturated carbocycles. The van der Waals surface area contributed by atoms with Crippen LogP contribution in [0.4, 0.5) is 0 Å². The van der Waals surface area contributed by atoms with Crippen molar-refractivity contribution < 1.29 is 14.2 Å². The van der Waals surface area contributed by atoms with Gasteiger partial charge < -0.3 is 25.8 Å². The number of benzene rings is 3. The van der Waals surface area contributed by atoms with Gasteiger partial charge in [0.05, 0.1) is 0 Å². The zero-order valence-corrected chi connectivity index (χ0v) is 21.0. The van der Waals surface area contributed by atoms with Gasteiger partial charge in [-0.25, -0.2) is 0 Å². The van der Waals surface area contributed by atoms with Crippen LogP contribution in [0, 0.1) is 12.3 Å². The first kappa shape index (κ1) is 25.0. The van der Waals surface area contributed by atoms with Crippen LogP contribution in [0.1, 0.15) is 24.5 Å². The van der Waals surface area contributed by atoms with Gasteiger partial charge in [-0.3, -0.25) is 0 Å². The molecule has 0 saturated heterocycles. The molecule has 1 aliphatic heterocycles. The summed E-state index contributed by atoms with van der Waals surface area (Å²) >= 11 is 1.73. The van der Waals surface area contributed by atoms with Gasteiger partial charge >= 0.3 is 0 Å². The van der Waals surface area contributed by atoms with E-state index in [1.807, 2.05) is 36.4 Å². The number of para-hydroxylation sites is 1. The van der Waals surface area contributed by atoms with Crippen LogP contribution in [-0.4, -0.2) is 19.0 Å². The van der Waals surface area contributed by atoms with Crippen LogP contribution in [0.5, 0.6) is 17.2 Å². The fourth-order valence-electron chi connectivity index (χ4n) is 3.92. The van der Waals surface area contributed by atoms with Crippen molar-refractivity contribution in [1.82, 2.24) is 0 Å². The summed E-state index contributed by atoms with van der Waals surface area (Å²) < 4.78 is 19.0. The summed E-state index contributed by atoms with van der Waals surface area (Å²) in [6.45, 7) is 3.29. The van der Waals surface area contributed by atoms with Crippen LogP contribution >= 0.6 is 11.3 Å². The predicted octanol–water partition coefficient (Wildman–Crippen LogP) is 5.72. The quantitative estimate of drug-likeness (QED) is 0.112. The zero-order chi connectivity index (χ0) is 25.3. The lowest BCUT2D eigenvalue weighted by Crippen LogP contribution is -2.15. The van der Waals surface area contributed by atoms with E-state index in [-0.39, 0.29) is 0 Å². The van der Waals surface area contributed by atoms with Crippen molar-refractivity contribution in [1.29, 1.82) is 0 Å². The van der Waals surface area contributed by atoms with Crippen molar-refractivity contribution in [3.05, 3.63) is 77.2 Å². The fourth-order valence-corrected chi connectivity index (χ4v) is 4.86. The maximum atomic E-state index is 6.05. The van der Waals surface area contributed by atoms with E-state index in [0.717, 1.165) is 45.9 Å². The molecule has 4 N–H and O–H groups in total. The summed E-state index contributed by atoms with van der Waals surface area (Å²) in [4.78, 5) is 0. The van der Waals surface area contributed by atoms with Crippen LogP contribution in [0.25, 0.3) is 21.2 Å². The van der Waals surface area contributed by atoms with E-state index in [1.54, 1.807) is 18.3 Å². The van der Waals surface area contributed by atoms with Gasteiger partial charge in [0.15, 0.2) is 11.5 Å². The highest BCUT2D eigenvalue weighted by Crippen LogP contribution is 2.44. The second-order valence-electron chi connectivity index (χ2n) is 8.15. The molecule has 36 heavy (non-hydrogen) atoms. The third-order valence-corrected chi connectivity index (χ3v) is 6.62. The first-order chi connectivity index (χ1) is 17.6. The van der Waals surface area contributed by atoms with Crippen LogP contribution < -0.4 is 25.8 Å². The summed E-state index contributed by atoms with van der Waals surface area (Å²) in [6.07, 6.45) is 6.03. The smallest absolute Gasteiger partial charge is 0.169 e. The average Bonchev–Trinajstić information content (AvgIpc) is 3.34. The van der Waals surface area contributed by atoms with E-state index in [4.69, 9.17) is 25.8 Å². The minimum atomic E-state index is 0.452. The highest BCUT2D eigenvalue weighted by atomic mass is 32.1. The molecule has 0 unspecified atom stereocenters. The van der Waals surface area contributed by atoms with E-state index in [2.05, 4.69) is 47.1 Å². The van der Waals surface area contributed by atoms with Gasteiger partial charge in [-0.05, 0) is 60.2 Å². The minimum Gasteiger partial charge on any atom is -0.489 e. The standard InChI is InChI=1S/C26H25N3O3S.C3H4/c27-25(29-28)11-7-17-4-8-19(9-5-17)32-15-18-6-10-24-21(14-18)22(16-33-24)20-2-1-3-23-26(20)31-13-12-30-23;1-3-2/h1-6,8-10,14,16H,7,11-13,15,28H2,(H2,27,29);1H,2H3. The number of hydrogen-bond donors (Lipinski definition) is 2. The number of terminal acetylenes is 1. The third kappa shape index (κ3) is 5.91. The molecule has 0 fully saturated rings. The summed E-state index contributed by atoms with van der Waals surface area (Å²) in [6, 6.07) is 20.6. The number of aryl methyl sites for hydroxylation is 1. The number of fused-ring (bicyclic) bond motifs is 2. The molecule has 0 radical (unpaired) electrons. The highest BCUT2D eigenvalue weighted by Gasteiger charge is 2.19. The Morgan fingerprint density at radius 1 is 1.06 bits per heavy atom. The molecule has 0 bridgehead atoms. The minimum absolute atomic E-state index is 0.452. The number of thiophene rings is 1. The Kier molecular flexibility index (Phi) is 8.32. The van der Waals surface area contributed by atoms with Gasteiger partial charge in [0.25, 0.3) is 0 Å². The Morgan fingerprint density at radius 2 is 1.81 bits per heavy atom. The van der Waals surface area contributed by atoms with Crippen molar-refractivity contribution in [2.75, 3.05) is 13.2 Å². The number of nitrogens with two attached hydrogens (primary N) is 2. The summed E-state index contributed by atoms with van der Waals surface area (Å²) in [5, 5.41) is 6.88. The molecule has 7 heteroatoms. The molecule has 0 atom stereocenters. The molecule has 3 aromatic carbocycles. The third-order valence-electron chi connectivity index (χ3n) is 5.66. The fraction of sp³-hybridized carbons (Fsp3) is 0.207. The number of ether oxygens (including phenoxy) is 3. The van der Waals surface area contributed by atoms with Crippen LogP contribution in [-0.2, 0) is 13.0 Å². The maximum absolute atomic E-state index is 6.05. The van der Waals surface area contributed by atoms with Crippen LogP contribution in [0.15, 0.2) is 71.1 Å². The average molecular weight is 500 g/mol. The Bertz CT molecular complexity index is 1390. The van der Waals surface area contributed by atoms with Gasteiger partial charge in [0.1, 0.15) is 31.4 Å². The van der Waals surface area contributed by atoms with Crippen LogP contribution in [0.2, 0.25) is 0 Å². The SMILES string of the molecule is C#CC.N/N=C(\N)CCc1ccc(OCc2ccc3scc(-c4cccc5c4OCCO5)c3c2)cc1. The van der Waals surface area contributed by atoms with Gasteiger partial charge in [0, 0.05) is 27.6 Å². The Labute approximate surface area is 215 Å². The molecular weight excluding hydrogens is 470 g/mol. The maximum Gasteiger partial charge on any atom is 0.169 e. The largest absolute Gasteiger partial charge is 0.489 e. The number of hydrazone groups is 1. The highest BCUT2D eigenvalue weighted by molar-refractivity contribution is 7.17. The van der Waals surface area contributed by atoms with E-state index >= 15 is 0 Å². The van der Waals surface area contributed by atoms with E-state index in [0.29, 0.717) is 32.1 Å². The molecule has 1 aromatic heterocycles. The lowest BCUT2D eigenvalue weighted by atomic mass is 10.0. The first-order valence-corrected chi connectivity index (χ1v) is 12.5. The zero-order valence-electron chi connectivity index (χ0n) is 20.2. The van der Waals surface area contributed by atoms with Gasteiger partial charge in [-0.1, -0.05) is 30.3 Å². The topological polar surface area (TPSA) is 92.1 Å². The Hall–Kier alpha value is -4.15. The van der Waals surface area contributed by atoms with Gasteiger partial charge in [-0.15, -0.1) is 23.7 Å². The molecule has 6 nitrogen and oxygen atoms in total. The summed E-state index contributed by atoms with van der Waals surface area (Å²) in [5.41, 5.74) is 10.2. The molecule has 0 spiro atoms. The molecule has 184 valence electrons. The monoisotopic (exact) mass is 499 g/mol. The summed E-state index contributed by atoms with van der Waals surface area (Å²) in [7, 11) is 0. The molecule has 5 rings (SSSR count). The molecular formula is C29H29N3O3S. The van der Waals surface area contributed by atoms with Crippen molar-refractivity contribution in [2.45, 2.75) is 26.4 Å². The number of amidine groups is 1.